The van der Waals surface area contributed by atoms with Crippen LogP contribution in [0, 0.1) is 0 Å². The average molecular weight is 453 g/mol. The quantitative estimate of drug-likeness (QED) is 0.327. The molecule has 4 aromatic rings. The summed E-state index contributed by atoms with van der Waals surface area (Å²) in [6, 6.07) is 14.3. The number of benzene rings is 4. The highest BCUT2D eigenvalue weighted by molar-refractivity contribution is 5.93. The van der Waals surface area contributed by atoms with Gasteiger partial charge in [-0.25, -0.2) is 0 Å². The van der Waals surface area contributed by atoms with Crippen molar-refractivity contribution in [1.82, 2.24) is 0 Å². The Hall–Kier alpha value is -3.21. The Morgan fingerprint density at radius 2 is 1.42 bits per heavy atom. The molecule has 0 aromatic heterocycles. The summed E-state index contributed by atoms with van der Waals surface area (Å²) in [4.78, 5) is 0. The number of halogens is 3. The lowest BCUT2D eigenvalue weighted by Gasteiger charge is -2.22. The molecule has 0 amide bonds. The molecule has 2 nitrogen and oxygen atoms in total. The third kappa shape index (κ3) is 4.12. The van der Waals surface area contributed by atoms with Crippen molar-refractivity contribution in [2.75, 3.05) is 0 Å². The Morgan fingerprint density at radius 3 is 2.03 bits per heavy atom. The van der Waals surface area contributed by atoms with E-state index < -0.39 is 17.7 Å². The number of alkyl halides is 3. The average Bonchev–Trinajstić information content (AvgIpc) is 2.75. The van der Waals surface area contributed by atoms with Crippen LogP contribution in [-0.4, -0.2) is 10.2 Å². The van der Waals surface area contributed by atoms with E-state index in [0.29, 0.717) is 10.9 Å². The first-order chi connectivity index (χ1) is 15.5. The predicted octanol–water partition coefficient (Wildman–Crippen LogP) is 8.26. The largest absolute Gasteiger partial charge is 0.508 e. The molecule has 0 saturated carbocycles. The zero-order valence-corrected chi connectivity index (χ0v) is 19.1. The van der Waals surface area contributed by atoms with Crippen LogP contribution in [0.25, 0.3) is 21.5 Å². The highest BCUT2D eigenvalue weighted by Gasteiger charge is 2.34. The molecular weight excluding hydrogens is 425 g/mol. The number of hydrogen-bond acceptors (Lipinski definition) is 2. The van der Waals surface area contributed by atoms with E-state index in [1.165, 1.54) is 18.2 Å². The van der Waals surface area contributed by atoms with E-state index in [2.05, 4.69) is 13.8 Å². The maximum atomic E-state index is 13.9. The predicted molar refractivity (Wildman–Crippen MR) is 127 cm³/mol. The molecule has 1 unspecified atom stereocenters. The van der Waals surface area contributed by atoms with Gasteiger partial charge in [-0.15, -0.1) is 0 Å². The van der Waals surface area contributed by atoms with Crippen LogP contribution in [0.1, 0.15) is 67.3 Å². The van der Waals surface area contributed by atoms with Gasteiger partial charge in [0.1, 0.15) is 11.5 Å². The molecule has 0 fully saturated rings. The first-order valence-electron chi connectivity index (χ1n) is 11.1. The van der Waals surface area contributed by atoms with Crippen molar-refractivity contribution < 1.29 is 23.4 Å². The van der Waals surface area contributed by atoms with Crippen molar-refractivity contribution in [3.05, 3.63) is 82.4 Å². The molecule has 0 aliphatic rings. The molecule has 4 aromatic carbocycles. The molecule has 1 atom stereocenters. The summed E-state index contributed by atoms with van der Waals surface area (Å²) in [5, 5.41) is 23.0. The summed E-state index contributed by atoms with van der Waals surface area (Å²) in [6.07, 6.45) is -3.77. The number of hydrogen-bond donors (Lipinski definition) is 2. The minimum atomic E-state index is -4.51. The molecule has 33 heavy (non-hydrogen) atoms. The van der Waals surface area contributed by atoms with Gasteiger partial charge >= 0.3 is 6.18 Å². The van der Waals surface area contributed by atoms with Crippen LogP contribution >= 0.6 is 0 Å². The second-order valence-electron chi connectivity index (χ2n) is 8.98. The minimum Gasteiger partial charge on any atom is -0.508 e. The van der Waals surface area contributed by atoms with Crippen LogP contribution in [-0.2, 0) is 12.6 Å². The van der Waals surface area contributed by atoms with Gasteiger partial charge in [0.05, 0.1) is 5.56 Å². The number of rotatable bonds is 4. The molecule has 0 spiro atoms. The van der Waals surface area contributed by atoms with Crippen molar-refractivity contribution in [1.29, 1.82) is 0 Å². The van der Waals surface area contributed by atoms with Gasteiger partial charge in [0.15, 0.2) is 0 Å². The molecule has 0 radical (unpaired) electrons. The maximum absolute atomic E-state index is 13.9. The zero-order chi connectivity index (χ0) is 24.1. The van der Waals surface area contributed by atoms with Crippen molar-refractivity contribution in [2.45, 2.75) is 52.1 Å². The second kappa shape index (κ2) is 8.29. The zero-order valence-electron chi connectivity index (χ0n) is 19.1. The first kappa shape index (κ1) is 23.0. The van der Waals surface area contributed by atoms with Gasteiger partial charge in [0, 0.05) is 5.92 Å². The van der Waals surface area contributed by atoms with Gasteiger partial charge in [-0.3, -0.25) is 0 Å². The van der Waals surface area contributed by atoms with Gasteiger partial charge < -0.3 is 10.2 Å². The number of fused-ring (bicyclic) bond motifs is 2. The Morgan fingerprint density at radius 1 is 0.788 bits per heavy atom. The molecule has 0 bridgehead atoms. The van der Waals surface area contributed by atoms with Gasteiger partial charge in [0.25, 0.3) is 0 Å². The van der Waals surface area contributed by atoms with Gasteiger partial charge in [-0.1, -0.05) is 52.0 Å². The lowest BCUT2D eigenvalue weighted by atomic mass is 9.83. The van der Waals surface area contributed by atoms with Crippen LogP contribution in [0.3, 0.4) is 0 Å². The van der Waals surface area contributed by atoms with E-state index in [9.17, 15) is 23.4 Å². The molecule has 5 heteroatoms. The molecule has 0 aliphatic carbocycles. The van der Waals surface area contributed by atoms with Crippen LogP contribution in [0.15, 0.2) is 54.6 Å². The topological polar surface area (TPSA) is 40.5 Å². The second-order valence-corrected chi connectivity index (χ2v) is 8.98. The van der Waals surface area contributed by atoms with E-state index in [-0.39, 0.29) is 22.8 Å². The van der Waals surface area contributed by atoms with E-state index in [0.717, 1.165) is 39.9 Å². The molecule has 0 aliphatic heterocycles. The summed E-state index contributed by atoms with van der Waals surface area (Å²) in [5.41, 5.74) is 2.67. The van der Waals surface area contributed by atoms with Crippen molar-refractivity contribution in [3.63, 3.8) is 0 Å². The third-order valence-electron chi connectivity index (χ3n) is 6.44. The fourth-order valence-corrected chi connectivity index (χ4v) is 4.84. The van der Waals surface area contributed by atoms with Crippen LogP contribution in [0.5, 0.6) is 11.5 Å². The smallest absolute Gasteiger partial charge is 0.417 e. The summed E-state index contributed by atoms with van der Waals surface area (Å²) >= 11 is 0. The monoisotopic (exact) mass is 452 g/mol. The van der Waals surface area contributed by atoms with Crippen LogP contribution in [0.4, 0.5) is 13.2 Å². The highest BCUT2D eigenvalue weighted by atomic mass is 19.4. The lowest BCUT2D eigenvalue weighted by molar-refractivity contribution is -0.136. The van der Waals surface area contributed by atoms with E-state index in [1.807, 2.05) is 26.0 Å². The molecule has 172 valence electrons. The highest BCUT2D eigenvalue weighted by Crippen LogP contribution is 2.43. The van der Waals surface area contributed by atoms with Crippen molar-refractivity contribution >= 4 is 21.5 Å². The number of aromatic hydroxyl groups is 2. The fraction of sp³-hybridized carbons (Fsp3) is 0.286. The maximum Gasteiger partial charge on any atom is 0.417 e. The molecule has 0 saturated heterocycles. The summed E-state index contributed by atoms with van der Waals surface area (Å²) in [7, 11) is 0. The normalized spacial score (nSPS) is 13.2. The van der Waals surface area contributed by atoms with Crippen molar-refractivity contribution in [2.24, 2.45) is 0 Å². The number of phenols is 2. The summed E-state index contributed by atoms with van der Waals surface area (Å²) < 4.78 is 41.6. The van der Waals surface area contributed by atoms with Crippen molar-refractivity contribution in [3.8, 4) is 11.5 Å². The first-order valence-corrected chi connectivity index (χ1v) is 11.1. The summed E-state index contributed by atoms with van der Waals surface area (Å²) in [6.45, 7) is 8.04. The summed E-state index contributed by atoms with van der Waals surface area (Å²) in [5.74, 6) is -0.111. The van der Waals surface area contributed by atoms with Crippen LogP contribution < -0.4 is 0 Å². The number of phenolic OH excluding ortho intramolecular Hbond substituents is 2. The van der Waals surface area contributed by atoms with E-state index in [4.69, 9.17) is 0 Å². The molecule has 0 heterocycles. The lowest BCUT2D eigenvalue weighted by Crippen LogP contribution is -2.08. The third-order valence-corrected chi connectivity index (χ3v) is 6.44. The fourth-order valence-electron chi connectivity index (χ4n) is 4.84. The Bertz CT molecular complexity index is 1350. The molecular formula is C28H27F3O2. The van der Waals surface area contributed by atoms with E-state index in [1.54, 1.807) is 18.2 Å². The van der Waals surface area contributed by atoms with Gasteiger partial charge in [0.2, 0.25) is 0 Å². The van der Waals surface area contributed by atoms with E-state index >= 15 is 0 Å². The standard InChI is InChI=1S/C28H27F3O2/c1-5-17-9-19(10-20-12-22(33)13-23(15(2)3)26(17)20)16(4)24-14-21(32)11-18-7-6-8-25(27(18)24)28(29,30)31/h6-16,32-33H,5H2,1-4H3. The SMILES string of the molecule is CCc1cc(C(C)c2cc(O)cc3cccc(C(F)(F)F)c23)cc2cc(O)cc(C(C)C)c12. The van der Waals surface area contributed by atoms with Gasteiger partial charge in [-0.2, -0.15) is 13.2 Å². The Labute approximate surface area is 191 Å². The Balaban J connectivity index is 2.01. The minimum absolute atomic E-state index is 0.0695. The molecule has 4 rings (SSSR count). The van der Waals surface area contributed by atoms with Gasteiger partial charge in [-0.05, 0) is 86.5 Å². The number of aryl methyl sites for hydroxylation is 1. The Kier molecular flexibility index (Phi) is 5.77. The van der Waals surface area contributed by atoms with Crippen LogP contribution in [0.2, 0.25) is 0 Å². The molecule has 2 N–H and O–H groups in total.